The monoisotopic (exact) mass is 300 g/mol. The number of aryl methyl sites for hydroxylation is 1. The standard InChI is InChI=1S/C11H10Br2/c1-9-5-6-11(13)10(8-9)4-2-3-7-12/h5-6,8H,3,7H2,1H3. The van der Waals surface area contributed by atoms with Crippen molar-refractivity contribution in [1.29, 1.82) is 0 Å². The fourth-order valence-electron chi connectivity index (χ4n) is 0.940. The fourth-order valence-corrected chi connectivity index (χ4v) is 1.48. The summed E-state index contributed by atoms with van der Waals surface area (Å²) in [5.74, 6) is 6.22. The number of benzene rings is 1. The van der Waals surface area contributed by atoms with Crippen molar-refractivity contribution in [3.8, 4) is 11.8 Å². The molecule has 0 saturated carbocycles. The van der Waals surface area contributed by atoms with Crippen LogP contribution >= 0.6 is 31.9 Å². The zero-order valence-electron chi connectivity index (χ0n) is 7.40. The van der Waals surface area contributed by atoms with Crippen molar-refractivity contribution in [2.45, 2.75) is 13.3 Å². The third-order valence-electron chi connectivity index (χ3n) is 1.56. The van der Waals surface area contributed by atoms with E-state index in [1.54, 1.807) is 0 Å². The van der Waals surface area contributed by atoms with Crippen LogP contribution in [0.5, 0.6) is 0 Å². The molecule has 0 spiro atoms. The topological polar surface area (TPSA) is 0 Å². The number of alkyl halides is 1. The van der Waals surface area contributed by atoms with E-state index in [4.69, 9.17) is 0 Å². The summed E-state index contributed by atoms with van der Waals surface area (Å²) in [5, 5.41) is 0.934. The van der Waals surface area contributed by atoms with Gasteiger partial charge in [-0.3, -0.25) is 0 Å². The van der Waals surface area contributed by atoms with Crippen LogP contribution in [0.1, 0.15) is 17.5 Å². The molecule has 68 valence electrons. The van der Waals surface area contributed by atoms with Crippen LogP contribution in [0.25, 0.3) is 0 Å². The Kier molecular flexibility index (Phi) is 4.55. The first kappa shape index (κ1) is 10.8. The molecule has 13 heavy (non-hydrogen) atoms. The summed E-state index contributed by atoms with van der Waals surface area (Å²) in [6, 6.07) is 6.19. The maximum atomic E-state index is 3.47. The van der Waals surface area contributed by atoms with Gasteiger partial charge in [-0.15, -0.1) is 0 Å². The van der Waals surface area contributed by atoms with Crippen LogP contribution in [0, 0.1) is 18.8 Å². The first-order chi connectivity index (χ1) is 6.24. The minimum absolute atomic E-state index is 0.889. The predicted molar refractivity (Wildman–Crippen MR) is 64.2 cm³/mol. The molecule has 0 N–H and O–H groups in total. The lowest BCUT2D eigenvalue weighted by Gasteiger charge is -1.97. The summed E-state index contributed by atoms with van der Waals surface area (Å²) in [7, 11) is 0. The lowest BCUT2D eigenvalue weighted by Crippen LogP contribution is -1.80. The minimum atomic E-state index is 0.889. The number of rotatable bonds is 1. The van der Waals surface area contributed by atoms with E-state index in [2.05, 4.69) is 62.8 Å². The van der Waals surface area contributed by atoms with Crippen LogP contribution in [0.2, 0.25) is 0 Å². The Labute approximate surface area is 96.0 Å². The van der Waals surface area contributed by atoms with E-state index >= 15 is 0 Å². The number of halogens is 2. The molecule has 0 aliphatic carbocycles. The molecule has 0 amide bonds. The van der Waals surface area contributed by atoms with Gasteiger partial charge in [0.2, 0.25) is 0 Å². The molecule has 0 saturated heterocycles. The zero-order chi connectivity index (χ0) is 9.68. The molecule has 0 radical (unpaired) electrons. The van der Waals surface area contributed by atoms with E-state index in [1.807, 2.05) is 6.07 Å². The van der Waals surface area contributed by atoms with Crippen molar-refractivity contribution in [1.82, 2.24) is 0 Å². The molecule has 0 fully saturated rings. The Balaban J connectivity index is 2.89. The highest BCUT2D eigenvalue weighted by atomic mass is 79.9. The van der Waals surface area contributed by atoms with Crippen LogP contribution in [0.3, 0.4) is 0 Å². The maximum absolute atomic E-state index is 3.47. The van der Waals surface area contributed by atoms with Crippen LogP contribution < -0.4 is 0 Å². The Hall–Kier alpha value is -0.260. The van der Waals surface area contributed by atoms with Crippen molar-refractivity contribution < 1.29 is 0 Å². The van der Waals surface area contributed by atoms with E-state index in [9.17, 15) is 0 Å². The molecule has 0 aliphatic heterocycles. The third-order valence-corrected chi connectivity index (χ3v) is 2.65. The first-order valence-corrected chi connectivity index (χ1v) is 5.96. The quantitative estimate of drug-likeness (QED) is 0.545. The molecule has 2 heteroatoms. The summed E-state index contributed by atoms with van der Waals surface area (Å²) < 4.78 is 1.07. The summed E-state index contributed by atoms with van der Waals surface area (Å²) in [4.78, 5) is 0. The molecule has 0 nitrogen and oxygen atoms in total. The zero-order valence-corrected chi connectivity index (χ0v) is 10.6. The van der Waals surface area contributed by atoms with Gasteiger partial charge >= 0.3 is 0 Å². The molecular formula is C11H10Br2. The second-order valence-electron chi connectivity index (χ2n) is 2.72. The van der Waals surface area contributed by atoms with Crippen LogP contribution in [-0.4, -0.2) is 5.33 Å². The van der Waals surface area contributed by atoms with E-state index in [0.717, 1.165) is 21.8 Å². The normalized spacial score (nSPS) is 9.15. The lowest BCUT2D eigenvalue weighted by atomic mass is 10.1. The highest BCUT2D eigenvalue weighted by Crippen LogP contribution is 2.16. The van der Waals surface area contributed by atoms with Crippen LogP contribution in [0.4, 0.5) is 0 Å². The van der Waals surface area contributed by atoms with Gasteiger partial charge in [0.05, 0.1) is 0 Å². The van der Waals surface area contributed by atoms with Crippen LogP contribution in [0.15, 0.2) is 22.7 Å². The number of hydrogen-bond donors (Lipinski definition) is 0. The highest BCUT2D eigenvalue weighted by molar-refractivity contribution is 9.10. The van der Waals surface area contributed by atoms with Gasteiger partial charge < -0.3 is 0 Å². The van der Waals surface area contributed by atoms with E-state index in [1.165, 1.54) is 5.56 Å². The van der Waals surface area contributed by atoms with Crippen molar-refractivity contribution in [3.05, 3.63) is 33.8 Å². The molecule has 1 aromatic carbocycles. The summed E-state index contributed by atoms with van der Waals surface area (Å²) in [6.45, 7) is 2.07. The van der Waals surface area contributed by atoms with Gasteiger partial charge in [-0.2, -0.15) is 0 Å². The second-order valence-corrected chi connectivity index (χ2v) is 4.37. The van der Waals surface area contributed by atoms with Gasteiger partial charge in [0.15, 0.2) is 0 Å². The van der Waals surface area contributed by atoms with Gasteiger partial charge in [-0.25, -0.2) is 0 Å². The molecular weight excluding hydrogens is 292 g/mol. The molecule has 0 aliphatic rings. The molecule has 1 aromatic rings. The smallest absolute Gasteiger partial charge is 0.0390 e. The minimum Gasteiger partial charge on any atom is -0.0970 e. The summed E-state index contributed by atoms with van der Waals surface area (Å²) in [6.07, 6.45) is 0.889. The Morgan fingerprint density at radius 2 is 2.15 bits per heavy atom. The second kappa shape index (κ2) is 5.47. The molecule has 1 rings (SSSR count). The molecule has 0 heterocycles. The maximum Gasteiger partial charge on any atom is 0.0390 e. The van der Waals surface area contributed by atoms with E-state index < -0.39 is 0 Å². The van der Waals surface area contributed by atoms with E-state index in [-0.39, 0.29) is 0 Å². The predicted octanol–water partition coefficient (Wildman–Crippen LogP) is 3.89. The van der Waals surface area contributed by atoms with Crippen molar-refractivity contribution >= 4 is 31.9 Å². The average Bonchev–Trinajstić information content (AvgIpc) is 2.11. The van der Waals surface area contributed by atoms with Crippen molar-refractivity contribution in [2.75, 3.05) is 5.33 Å². The van der Waals surface area contributed by atoms with Gasteiger partial charge in [-0.05, 0) is 40.5 Å². The molecule has 0 unspecified atom stereocenters. The van der Waals surface area contributed by atoms with Gasteiger partial charge in [0.25, 0.3) is 0 Å². The average molecular weight is 302 g/mol. The Morgan fingerprint density at radius 1 is 1.38 bits per heavy atom. The third kappa shape index (κ3) is 3.54. The van der Waals surface area contributed by atoms with Crippen molar-refractivity contribution in [2.24, 2.45) is 0 Å². The van der Waals surface area contributed by atoms with Gasteiger partial charge in [0, 0.05) is 21.8 Å². The fraction of sp³-hybridized carbons (Fsp3) is 0.273. The summed E-state index contributed by atoms with van der Waals surface area (Å²) in [5.41, 5.74) is 2.31. The highest BCUT2D eigenvalue weighted by Gasteiger charge is 1.94. The van der Waals surface area contributed by atoms with Gasteiger partial charge in [-0.1, -0.05) is 33.8 Å². The molecule has 0 atom stereocenters. The SMILES string of the molecule is Cc1ccc(Br)c(C#CCCBr)c1. The number of hydrogen-bond acceptors (Lipinski definition) is 0. The Morgan fingerprint density at radius 3 is 2.85 bits per heavy atom. The lowest BCUT2D eigenvalue weighted by molar-refractivity contribution is 1.32. The van der Waals surface area contributed by atoms with E-state index in [0.29, 0.717) is 0 Å². The van der Waals surface area contributed by atoms with Crippen LogP contribution in [-0.2, 0) is 0 Å². The summed E-state index contributed by atoms with van der Waals surface area (Å²) >= 11 is 6.81. The van der Waals surface area contributed by atoms with Crippen molar-refractivity contribution in [3.63, 3.8) is 0 Å². The molecule has 0 bridgehead atoms. The van der Waals surface area contributed by atoms with Gasteiger partial charge in [0.1, 0.15) is 0 Å². The first-order valence-electron chi connectivity index (χ1n) is 4.05. The largest absolute Gasteiger partial charge is 0.0970 e. The Bertz CT molecular complexity index is 345. The molecule has 0 aromatic heterocycles.